The molecule has 9 aromatic carbocycles. The highest BCUT2D eigenvalue weighted by molar-refractivity contribution is 6.25. The third-order valence-corrected chi connectivity index (χ3v) is 10.9. The maximum atomic E-state index is 6.75. The molecule has 11 rings (SSSR count). The first kappa shape index (κ1) is 31.2. The van der Waals surface area contributed by atoms with Crippen LogP contribution in [0, 0.1) is 0 Å². The zero-order valence-electron chi connectivity index (χ0n) is 29.8. The van der Waals surface area contributed by atoms with Crippen LogP contribution in [0.1, 0.15) is 0 Å². The smallest absolute Gasteiger partial charge is 0.180 e. The van der Waals surface area contributed by atoms with Gasteiger partial charge >= 0.3 is 0 Å². The molecule has 55 heavy (non-hydrogen) atoms. The van der Waals surface area contributed by atoms with Crippen molar-refractivity contribution in [3.05, 3.63) is 194 Å². The lowest BCUT2D eigenvalue weighted by atomic mass is 9.91. The van der Waals surface area contributed by atoms with Gasteiger partial charge in [-0.15, -0.1) is 0 Å². The number of hydrogen-bond acceptors (Lipinski definition) is 3. The maximum absolute atomic E-state index is 6.75. The molecule has 0 bridgehead atoms. The normalized spacial score (nSPS) is 11.6. The second-order valence-corrected chi connectivity index (χ2v) is 14.1. The van der Waals surface area contributed by atoms with Crippen molar-refractivity contribution >= 4 is 54.4 Å². The van der Waals surface area contributed by atoms with Gasteiger partial charge in [-0.25, -0.2) is 9.97 Å². The Kier molecular flexibility index (Phi) is 7.17. The molecule has 2 heterocycles. The summed E-state index contributed by atoms with van der Waals surface area (Å²) in [5, 5.41) is 8.62. The Morgan fingerprint density at radius 1 is 0.291 bits per heavy atom. The average molecular weight is 701 g/mol. The molecule has 2 aromatic heterocycles. The molecular weight excluding hydrogens is 669 g/mol. The number of fused-ring (bicyclic) bond motifs is 9. The molecule has 0 amide bonds. The van der Waals surface area contributed by atoms with E-state index in [4.69, 9.17) is 14.4 Å². The Hall–Kier alpha value is -7.36. The minimum absolute atomic E-state index is 0.670. The van der Waals surface area contributed by atoms with Gasteiger partial charge in [0, 0.05) is 16.5 Å². The van der Waals surface area contributed by atoms with Gasteiger partial charge in [-0.3, -0.25) is 0 Å². The zero-order chi connectivity index (χ0) is 36.3. The lowest BCUT2D eigenvalue weighted by Crippen LogP contribution is -1.94. The molecule has 256 valence electrons. The third-order valence-electron chi connectivity index (χ3n) is 10.9. The molecule has 0 aliphatic rings. The lowest BCUT2D eigenvalue weighted by molar-refractivity contribution is 0.667. The van der Waals surface area contributed by atoms with Crippen LogP contribution in [0.5, 0.6) is 0 Å². The van der Waals surface area contributed by atoms with E-state index in [0.717, 1.165) is 55.6 Å². The van der Waals surface area contributed by atoms with Crippen molar-refractivity contribution in [2.75, 3.05) is 0 Å². The van der Waals surface area contributed by atoms with Gasteiger partial charge in [-0.2, -0.15) is 0 Å². The number of furan rings is 1. The Morgan fingerprint density at radius 2 is 0.745 bits per heavy atom. The summed E-state index contributed by atoms with van der Waals surface area (Å²) >= 11 is 0. The van der Waals surface area contributed by atoms with Crippen molar-refractivity contribution < 1.29 is 4.42 Å². The van der Waals surface area contributed by atoms with Crippen molar-refractivity contribution in [2.24, 2.45) is 0 Å². The van der Waals surface area contributed by atoms with Gasteiger partial charge in [-0.1, -0.05) is 164 Å². The molecule has 0 aliphatic heterocycles. The van der Waals surface area contributed by atoms with Gasteiger partial charge in [0.15, 0.2) is 11.4 Å². The molecule has 11 aromatic rings. The number of aromatic nitrogens is 2. The summed E-state index contributed by atoms with van der Waals surface area (Å²) in [6.45, 7) is 0. The fourth-order valence-corrected chi connectivity index (χ4v) is 8.18. The summed E-state index contributed by atoms with van der Waals surface area (Å²) in [4.78, 5) is 10.3. The van der Waals surface area contributed by atoms with Crippen LogP contribution in [0.2, 0.25) is 0 Å². The second kappa shape index (κ2) is 12.6. The van der Waals surface area contributed by atoms with E-state index in [1.165, 1.54) is 43.4 Å². The summed E-state index contributed by atoms with van der Waals surface area (Å²) in [6, 6.07) is 68.7. The fourth-order valence-electron chi connectivity index (χ4n) is 8.18. The first-order chi connectivity index (χ1) is 27.2. The fraction of sp³-hybridized carbons (Fsp3) is 0. The van der Waals surface area contributed by atoms with Crippen LogP contribution in [0.3, 0.4) is 0 Å². The van der Waals surface area contributed by atoms with Crippen molar-refractivity contribution in [3.63, 3.8) is 0 Å². The molecule has 3 heteroatoms. The van der Waals surface area contributed by atoms with Crippen molar-refractivity contribution in [1.82, 2.24) is 9.97 Å². The Morgan fingerprint density at radius 3 is 1.40 bits per heavy atom. The number of nitrogens with zero attached hydrogens (tertiary/aromatic N) is 2. The van der Waals surface area contributed by atoms with Gasteiger partial charge < -0.3 is 4.42 Å². The van der Waals surface area contributed by atoms with E-state index in [-0.39, 0.29) is 0 Å². The highest BCUT2D eigenvalue weighted by Crippen LogP contribution is 2.40. The molecule has 0 atom stereocenters. The van der Waals surface area contributed by atoms with Crippen LogP contribution in [0.25, 0.3) is 110 Å². The van der Waals surface area contributed by atoms with Crippen molar-refractivity contribution in [1.29, 1.82) is 0 Å². The van der Waals surface area contributed by atoms with E-state index in [2.05, 4.69) is 170 Å². The highest BCUT2D eigenvalue weighted by Gasteiger charge is 2.19. The van der Waals surface area contributed by atoms with Crippen molar-refractivity contribution in [2.45, 2.75) is 0 Å². The Bertz CT molecular complexity index is 3220. The molecule has 0 N–H and O–H groups in total. The summed E-state index contributed by atoms with van der Waals surface area (Å²) < 4.78 is 6.75. The summed E-state index contributed by atoms with van der Waals surface area (Å²) in [5.74, 6) is 0.670. The molecule has 0 aliphatic carbocycles. The van der Waals surface area contributed by atoms with Crippen LogP contribution in [0.4, 0.5) is 0 Å². The van der Waals surface area contributed by atoms with E-state index >= 15 is 0 Å². The van der Waals surface area contributed by atoms with E-state index in [1.54, 1.807) is 0 Å². The molecule has 3 nitrogen and oxygen atoms in total. The van der Waals surface area contributed by atoms with Gasteiger partial charge in [0.2, 0.25) is 0 Å². The van der Waals surface area contributed by atoms with Crippen LogP contribution in [-0.2, 0) is 0 Å². The summed E-state index contributed by atoms with van der Waals surface area (Å²) in [7, 11) is 0. The predicted molar refractivity (Wildman–Crippen MR) is 229 cm³/mol. The first-order valence-corrected chi connectivity index (χ1v) is 18.6. The molecule has 0 radical (unpaired) electrons. The van der Waals surface area contributed by atoms with Gasteiger partial charge in [0.05, 0.1) is 0 Å². The first-order valence-electron chi connectivity index (χ1n) is 18.6. The lowest BCUT2D eigenvalue weighted by Gasteiger charge is -2.12. The maximum Gasteiger partial charge on any atom is 0.180 e. The monoisotopic (exact) mass is 700 g/mol. The molecule has 0 fully saturated rings. The third kappa shape index (κ3) is 5.28. The van der Waals surface area contributed by atoms with E-state index < -0.39 is 0 Å². The quantitative estimate of drug-likeness (QED) is 0.168. The zero-order valence-corrected chi connectivity index (χ0v) is 29.8. The molecule has 0 unspecified atom stereocenters. The molecule has 0 spiro atoms. The SMILES string of the molecule is c1ccc(-c2cccc(-c3nc(-c4ccccc4)nc4c3oc3cc(-c5cccc(-c6ccc7c8ccccc8c8ccccc8c7c6)c5)ccc34)c2)cc1. The molecular formula is C52H32N2O. The standard InChI is InChI=1S/C52H32N2O/c1-3-13-33(14-4-1)35-17-12-20-40(30-35)49-51-50(54-52(53-49)34-15-5-2-6-16-34)46-28-26-39(32-48(46)55-51)37-19-11-18-36(29-37)38-25-27-45-43-23-8-7-21-41(43)42-22-9-10-24-44(42)47(45)31-38/h1-32H. The van der Waals surface area contributed by atoms with E-state index in [0.29, 0.717) is 11.4 Å². The van der Waals surface area contributed by atoms with Crippen LogP contribution >= 0.6 is 0 Å². The highest BCUT2D eigenvalue weighted by atomic mass is 16.3. The van der Waals surface area contributed by atoms with E-state index in [1.807, 2.05) is 24.3 Å². The van der Waals surface area contributed by atoms with Gasteiger partial charge in [0.25, 0.3) is 0 Å². The molecule has 0 saturated heterocycles. The van der Waals surface area contributed by atoms with Crippen LogP contribution < -0.4 is 0 Å². The summed E-state index contributed by atoms with van der Waals surface area (Å²) in [5.41, 5.74) is 11.8. The van der Waals surface area contributed by atoms with E-state index in [9.17, 15) is 0 Å². The average Bonchev–Trinajstić information content (AvgIpc) is 3.64. The van der Waals surface area contributed by atoms with Crippen LogP contribution in [0.15, 0.2) is 199 Å². The number of benzene rings is 9. The second-order valence-electron chi connectivity index (χ2n) is 14.1. The van der Waals surface area contributed by atoms with Crippen molar-refractivity contribution in [3.8, 4) is 56.0 Å². The number of rotatable bonds is 5. The predicted octanol–water partition coefficient (Wildman–Crippen LogP) is 14.2. The number of hydrogen-bond donors (Lipinski definition) is 0. The minimum atomic E-state index is 0.670. The van der Waals surface area contributed by atoms with Crippen LogP contribution in [-0.4, -0.2) is 9.97 Å². The van der Waals surface area contributed by atoms with Gasteiger partial charge in [-0.05, 0) is 96.0 Å². The Labute approximate surface area is 317 Å². The largest absolute Gasteiger partial charge is 0.452 e. The minimum Gasteiger partial charge on any atom is -0.452 e. The molecule has 0 saturated carbocycles. The Balaban J connectivity index is 1.04. The van der Waals surface area contributed by atoms with Gasteiger partial charge in [0.1, 0.15) is 16.8 Å². The summed E-state index contributed by atoms with van der Waals surface area (Å²) in [6.07, 6.45) is 0. The topological polar surface area (TPSA) is 38.9 Å².